The van der Waals surface area contributed by atoms with E-state index in [0.717, 1.165) is 69.8 Å². The zero-order valence-electron chi connectivity index (χ0n) is 17.2. The summed E-state index contributed by atoms with van der Waals surface area (Å²) >= 11 is 6.14. The molecule has 3 rings (SSSR count). The van der Waals surface area contributed by atoms with Crippen molar-refractivity contribution in [3.63, 3.8) is 0 Å². The highest BCUT2D eigenvalue weighted by molar-refractivity contribution is 14.0. The highest BCUT2D eigenvalue weighted by Crippen LogP contribution is 2.25. The van der Waals surface area contributed by atoms with E-state index in [9.17, 15) is 0 Å². The number of nitrogens with one attached hydrogen (secondary N) is 1. The second-order valence-electron chi connectivity index (χ2n) is 7.59. The average molecular weight is 522 g/mol. The predicted octanol–water partition coefficient (Wildman–Crippen LogP) is 2.77. The number of aliphatic imine (C=N–C) groups is 1. The summed E-state index contributed by atoms with van der Waals surface area (Å²) in [5.41, 5.74) is 1.33. The Balaban J connectivity index is 0.00000280. The molecule has 0 aromatic heterocycles. The Morgan fingerprint density at radius 3 is 2.46 bits per heavy atom. The van der Waals surface area contributed by atoms with Crippen LogP contribution in [0.3, 0.4) is 0 Å². The van der Waals surface area contributed by atoms with E-state index in [4.69, 9.17) is 16.3 Å². The van der Waals surface area contributed by atoms with Gasteiger partial charge in [-0.25, -0.2) is 0 Å². The fourth-order valence-corrected chi connectivity index (χ4v) is 4.14. The first kappa shape index (κ1) is 23.5. The lowest BCUT2D eigenvalue weighted by Gasteiger charge is -2.44. The monoisotopic (exact) mass is 521 g/mol. The van der Waals surface area contributed by atoms with Crippen molar-refractivity contribution in [3.8, 4) is 0 Å². The van der Waals surface area contributed by atoms with E-state index in [1.54, 1.807) is 0 Å². The number of guanidine groups is 1. The topological polar surface area (TPSA) is 43.3 Å². The molecule has 0 spiro atoms. The smallest absolute Gasteiger partial charge is 0.193 e. The van der Waals surface area contributed by atoms with E-state index in [-0.39, 0.29) is 29.5 Å². The van der Waals surface area contributed by atoms with E-state index in [2.05, 4.69) is 45.2 Å². The Labute approximate surface area is 191 Å². The second-order valence-corrected chi connectivity index (χ2v) is 8.02. The van der Waals surface area contributed by atoms with Crippen LogP contribution < -0.4 is 10.2 Å². The van der Waals surface area contributed by atoms with Crippen molar-refractivity contribution in [2.45, 2.75) is 18.4 Å². The van der Waals surface area contributed by atoms with Crippen LogP contribution in [0.4, 0.5) is 5.69 Å². The molecular formula is C20H33ClIN5O. The number of hydrogen-bond acceptors (Lipinski definition) is 4. The van der Waals surface area contributed by atoms with Crippen molar-refractivity contribution in [2.75, 3.05) is 72.0 Å². The van der Waals surface area contributed by atoms with Crippen LogP contribution in [-0.2, 0) is 4.74 Å². The van der Waals surface area contributed by atoms with Crippen LogP contribution in [0.1, 0.15) is 12.8 Å². The van der Waals surface area contributed by atoms with Gasteiger partial charge >= 0.3 is 0 Å². The second kappa shape index (κ2) is 10.8. The molecular weight excluding hydrogens is 489 g/mol. The van der Waals surface area contributed by atoms with Crippen LogP contribution in [0.15, 0.2) is 29.3 Å². The van der Waals surface area contributed by atoms with Gasteiger partial charge < -0.3 is 24.8 Å². The van der Waals surface area contributed by atoms with E-state index >= 15 is 0 Å². The van der Waals surface area contributed by atoms with Gasteiger partial charge in [0.25, 0.3) is 0 Å². The van der Waals surface area contributed by atoms with Gasteiger partial charge in [-0.05, 0) is 45.1 Å². The van der Waals surface area contributed by atoms with Gasteiger partial charge in [-0.1, -0.05) is 17.7 Å². The molecule has 0 bridgehead atoms. The average Bonchev–Trinajstić information content (AvgIpc) is 2.69. The molecule has 0 unspecified atom stereocenters. The lowest BCUT2D eigenvalue weighted by Crippen LogP contribution is -2.59. The summed E-state index contributed by atoms with van der Waals surface area (Å²) in [5, 5.41) is 4.42. The van der Waals surface area contributed by atoms with Gasteiger partial charge in [0, 0.05) is 69.2 Å². The number of nitrogens with zero attached hydrogens (tertiary/aromatic N) is 4. The number of hydrogen-bond donors (Lipinski definition) is 1. The Hall–Kier alpha value is -0.770. The summed E-state index contributed by atoms with van der Waals surface area (Å²) in [4.78, 5) is 11.6. The fourth-order valence-electron chi connectivity index (χ4n) is 3.96. The molecule has 8 heteroatoms. The maximum absolute atomic E-state index is 6.14. The molecule has 0 atom stereocenters. The maximum atomic E-state index is 6.14. The molecule has 28 heavy (non-hydrogen) atoms. The number of anilines is 1. The molecule has 1 N–H and O–H groups in total. The van der Waals surface area contributed by atoms with E-state index in [1.807, 2.05) is 25.2 Å². The van der Waals surface area contributed by atoms with Crippen LogP contribution in [0, 0.1) is 0 Å². The predicted molar refractivity (Wildman–Crippen MR) is 128 cm³/mol. The van der Waals surface area contributed by atoms with Gasteiger partial charge in [0.2, 0.25) is 0 Å². The first-order valence-corrected chi connectivity index (χ1v) is 10.1. The minimum Gasteiger partial charge on any atom is -0.381 e. The molecule has 2 heterocycles. The zero-order valence-corrected chi connectivity index (χ0v) is 20.2. The molecule has 2 fully saturated rings. The van der Waals surface area contributed by atoms with Crippen molar-refractivity contribution in [3.05, 3.63) is 29.3 Å². The minimum atomic E-state index is 0. The summed E-state index contributed by atoms with van der Waals surface area (Å²) in [6.07, 6.45) is 2.10. The SMILES string of the molecule is CN=C(NCC1(N(C)C)CCOCC1)N1CCN(c2cccc(Cl)c2)CC1.I. The number of benzene rings is 1. The third-order valence-corrected chi connectivity index (χ3v) is 6.15. The van der Waals surface area contributed by atoms with Crippen LogP contribution in [0.2, 0.25) is 5.02 Å². The zero-order chi connectivity index (χ0) is 19.3. The van der Waals surface area contributed by atoms with Gasteiger partial charge in [0.1, 0.15) is 0 Å². The molecule has 6 nitrogen and oxygen atoms in total. The van der Waals surface area contributed by atoms with Gasteiger partial charge in [-0.15, -0.1) is 24.0 Å². The largest absolute Gasteiger partial charge is 0.381 e. The highest BCUT2D eigenvalue weighted by atomic mass is 127. The Morgan fingerprint density at radius 2 is 1.89 bits per heavy atom. The molecule has 2 aliphatic heterocycles. The van der Waals surface area contributed by atoms with Crippen molar-refractivity contribution in [1.82, 2.24) is 15.1 Å². The van der Waals surface area contributed by atoms with E-state index in [0.29, 0.717) is 0 Å². The van der Waals surface area contributed by atoms with Crippen LogP contribution >= 0.6 is 35.6 Å². The minimum absolute atomic E-state index is 0. The number of likely N-dealkylation sites (N-methyl/N-ethyl adjacent to an activating group) is 1. The number of ether oxygens (including phenoxy) is 1. The third-order valence-electron chi connectivity index (χ3n) is 5.91. The normalized spacial score (nSPS) is 20.1. The quantitative estimate of drug-likeness (QED) is 0.375. The standard InChI is InChI=1S/C20H32ClN5O.HI/c1-22-19(23-16-20(24(2)3)7-13-27-14-8-20)26-11-9-25(10-12-26)18-6-4-5-17(21)15-18;/h4-6,15H,7-14,16H2,1-3H3,(H,22,23);1H. The molecule has 2 saturated heterocycles. The molecule has 2 aliphatic rings. The highest BCUT2D eigenvalue weighted by Gasteiger charge is 2.35. The van der Waals surface area contributed by atoms with Crippen molar-refractivity contribution in [2.24, 2.45) is 4.99 Å². The van der Waals surface area contributed by atoms with Gasteiger partial charge in [-0.3, -0.25) is 4.99 Å². The van der Waals surface area contributed by atoms with Crippen molar-refractivity contribution >= 4 is 47.2 Å². The lowest BCUT2D eigenvalue weighted by molar-refractivity contribution is -0.00526. The van der Waals surface area contributed by atoms with E-state index < -0.39 is 0 Å². The van der Waals surface area contributed by atoms with E-state index in [1.165, 1.54) is 5.69 Å². The molecule has 158 valence electrons. The molecule has 0 amide bonds. The summed E-state index contributed by atoms with van der Waals surface area (Å²) in [7, 11) is 6.21. The first-order chi connectivity index (χ1) is 13.0. The first-order valence-electron chi connectivity index (χ1n) is 9.75. The van der Waals surface area contributed by atoms with Gasteiger partial charge in [-0.2, -0.15) is 0 Å². The summed E-state index contributed by atoms with van der Waals surface area (Å²) in [6, 6.07) is 8.10. The Morgan fingerprint density at radius 1 is 1.21 bits per heavy atom. The van der Waals surface area contributed by atoms with Gasteiger partial charge in [0.05, 0.1) is 0 Å². The molecule has 1 aromatic rings. The Bertz CT molecular complexity index is 643. The molecule has 0 aliphatic carbocycles. The Kier molecular flexibility index (Phi) is 9.11. The lowest BCUT2D eigenvalue weighted by atomic mass is 9.88. The van der Waals surface area contributed by atoms with Crippen LogP contribution in [-0.4, -0.2) is 88.4 Å². The van der Waals surface area contributed by atoms with Crippen molar-refractivity contribution in [1.29, 1.82) is 0 Å². The van der Waals surface area contributed by atoms with Crippen LogP contribution in [0.5, 0.6) is 0 Å². The summed E-state index contributed by atoms with van der Waals surface area (Å²) < 4.78 is 5.58. The third kappa shape index (κ3) is 5.64. The maximum Gasteiger partial charge on any atom is 0.193 e. The fraction of sp³-hybridized carbons (Fsp3) is 0.650. The number of piperazine rings is 1. The molecule has 0 radical (unpaired) electrons. The summed E-state index contributed by atoms with van der Waals surface area (Å²) in [6.45, 7) is 6.38. The van der Waals surface area contributed by atoms with Crippen molar-refractivity contribution < 1.29 is 4.74 Å². The number of halogens is 2. The van der Waals surface area contributed by atoms with Crippen LogP contribution in [0.25, 0.3) is 0 Å². The van der Waals surface area contributed by atoms with Gasteiger partial charge in [0.15, 0.2) is 5.96 Å². The number of rotatable bonds is 4. The molecule has 1 aromatic carbocycles. The molecule has 0 saturated carbocycles. The summed E-state index contributed by atoms with van der Waals surface area (Å²) in [5.74, 6) is 0.994.